The molecular formula is C33H35F4NO. The van der Waals surface area contributed by atoms with E-state index in [0.717, 1.165) is 41.5 Å². The van der Waals surface area contributed by atoms with Gasteiger partial charge in [0.05, 0.1) is 0 Å². The minimum atomic E-state index is -4.37. The van der Waals surface area contributed by atoms with Gasteiger partial charge in [-0.2, -0.15) is 13.2 Å². The highest BCUT2D eigenvalue weighted by Crippen LogP contribution is 2.25. The van der Waals surface area contributed by atoms with Gasteiger partial charge in [0.15, 0.2) is 6.61 Å². The third-order valence-electron chi connectivity index (χ3n) is 6.98. The van der Waals surface area contributed by atoms with Crippen LogP contribution in [0, 0.1) is 5.82 Å². The first-order valence-corrected chi connectivity index (χ1v) is 13.7. The Hall–Kier alpha value is -3.41. The quantitative estimate of drug-likeness (QED) is 0.125. The number of halogens is 4. The molecule has 0 aliphatic heterocycles. The summed E-state index contributed by atoms with van der Waals surface area (Å²) in [5, 5.41) is 1.47. The zero-order valence-electron chi connectivity index (χ0n) is 22.4. The van der Waals surface area contributed by atoms with Crippen molar-refractivity contribution in [3.05, 3.63) is 107 Å². The number of hydrogen-bond acceptors (Lipinski definition) is 2. The standard InChI is InChI=1S/C33H35F4NO/c1-2-3-4-5-6-26-9-17-29(38-22-26)16-8-25-12-20-31-28(21-25)15-14-27(32(31)34)13-7-24-10-18-30(19-11-24)39-23-33(35,36)37/h9-12,14-15,17-22H,2-8,13,16,23H2,1H3. The maximum absolute atomic E-state index is 15.3. The van der Waals surface area contributed by atoms with Gasteiger partial charge in [0.2, 0.25) is 0 Å². The number of unbranched alkanes of at least 4 members (excludes halogenated alkanes) is 3. The van der Waals surface area contributed by atoms with Crippen LogP contribution in [0.5, 0.6) is 5.75 Å². The molecular weight excluding hydrogens is 502 g/mol. The van der Waals surface area contributed by atoms with E-state index in [0.29, 0.717) is 23.8 Å². The SMILES string of the molecule is CCCCCCc1ccc(CCc2ccc3c(F)c(CCc4ccc(OCC(F)(F)F)cc4)ccc3c2)nc1. The van der Waals surface area contributed by atoms with E-state index >= 15 is 4.39 Å². The van der Waals surface area contributed by atoms with E-state index in [1.165, 1.54) is 43.4 Å². The van der Waals surface area contributed by atoms with E-state index in [-0.39, 0.29) is 11.6 Å². The Balaban J connectivity index is 1.31. The molecule has 0 aliphatic carbocycles. The molecule has 0 amide bonds. The first-order chi connectivity index (χ1) is 18.8. The van der Waals surface area contributed by atoms with Crippen molar-refractivity contribution in [1.82, 2.24) is 4.98 Å². The van der Waals surface area contributed by atoms with Crippen molar-refractivity contribution in [2.75, 3.05) is 6.61 Å². The van der Waals surface area contributed by atoms with Crippen LogP contribution in [0.25, 0.3) is 10.8 Å². The summed E-state index contributed by atoms with van der Waals surface area (Å²) in [6, 6.07) is 20.4. The van der Waals surface area contributed by atoms with E-state index in [1.807, 2.05) is 36.5 Å². The topological polar surface area (TPSA) is 22.1 Å². The van der Waals surface area contributed by atoms with Crippen molar-refractivity contribution < 1.29 is 22.3 Å². The molecule has 2 nitrogen and oxygen atoms in total. The number of aryl methyl sites for hydroxylation is 5. The first-order valence-electron chi connectivity index (χ1n) is 13.7. The van der Waals surface area contributed by atoms with Crippen molar-refractivity contribution in [2.45, 2.75) is 70.9 Å². The molecule has 4 aromatic rings. The maximum atomic E-state index is 15.3. The third kappa shape index (κ3) is 8.81. The molecule has 0 unspecified atom stereocenters. The fourth-order valence-corrected chi connectivity index (χ4v) is 4.71. The van der Waals surface area contributed by atoms with Crippen molar-refractivity contribution in [3.8, 4) is 5.75 Å². The third-order valence-corrected chi connectivity index (χ3v) is 6.98. The average molecular weight is 538 g/mol. The highest BCUT2D eigenvalue weighted by Gasteiger charge is 2.28. The van der Waals surface area contributed by atoms with Crippen LogP contribution in [0.2, 0.25) is 0 Å². The summed E-state index contributed by atoms with van der Waals surface area (Å²) in [5.41, 5.74) is 5.02. The van der Waals surface area contributed by atoms with Crippen LogP contribution in [-0.2, 0) is 32.1 Å². The zero-order chi connectivity index (χ0) is 27.7. The van der Waals surface area contributed by atoms with Crippen molar-refractivity contribution in [3.63, 3.8) is 0 Å². The largest absolute Gasteiger partial charge is 0.484 e. The number of fused-ring (bicyclic) bond motifs is 1. The van der Waals surface area contributed by atoms with Gasteiger partial charge in [-0.3, -0.25) is 4.98 Å². The lowest BCUT2D eigenvalue weighted by molar-refractivity contribution is -0.153. The number of pyridine rings is 1. The average Bonchev–Trinajstić information content (AvgIpc) is 2.93. The highest BCUT2D eigenvalue weighted by atomic mass is 19.4. The van der Waals surface area contributed by atoms with E-state index < -0.39 is 12.8 Å². The predicted molar refractivity (Wildman–Crippen MR) is 149 cm³/mol. The first kappa shape index (κ1) is 28.6. The lowest BCUT2D eigenvalue weighted by Gasteiger charge is -2.11. The lowest BCUT2D eigenvalue weighted by atomic mass is 9.98. The summed E-state index contributed by atoms with van der Waals surface area (Å²) in [6.07, 6.45) is 6.45. The smallest absolute Gasteiger partial charge is 0.422 e. The predicted octanol–water partition coefficient (Wildman–Crippen LogP) is 9.01. The summed E-state index contributed by atoms with van der Waals surface area (Å²) in [5.74, 6) is -0.0604. The van der Waals surface area contributed by atoms with E-state index in [4.69, 9.17) is 4.74 Å². The van der Waals surface area contributed by atoms with Gasteiger partial charge in [0.1, 0.15) is 11.6 Å². The molecule has 3 aromatic carbocycles. The van der Waals surface area contributed by atoms with Gasteiger partial charge >= 0.3 is 6.18 Å². The monoisotopic (exact) mass is 537 g/mol. The number of ether oxygens (including phenoxy) is 1. The number of alkyl halides is 3. The van der Waals surface area contributed by atoms with Gasteiger partial charge in [0, 0.05) is 17.3 Å². The highest BCUT2D eigenvalue weighted by molar-refractivity contribution is 5.84. The van der Waals surface area contributed by atoms with Crippen LogP contribution in [0.4, 0.5) is 17.6 Å². The summed E-state index contributed by atoms with van der Waals surface area (Å²) >= 11 is 0. The fourth-order valence-electron chi connectivity index (χ4n) is 4.71. The molecule has 0 atom stereocenters. The number of rotatable bonds is 13. The minimum absolute atomic E-state index is 0.161. The second kappa shape index (κ2) is 13.6. The van der Waals surface area contributed by atoms with Gasteiger partial charge in [-0.1, -0.05) is 74.7 Å². The number of hydrogen-bond donors (Lipinski definition) is 0. The minimum Gasteiger partial charge on any atom is -0.484 e. The molecule has 0 spiro atoms. The second-order valence-electron chi connectivity index (χ2n) is 10.1. The molecule has 0 saturated heterocycles. The molecule has 206 valence electrons. The van der Waals surface area contributed by atoms with E-state index in [9.17, 15) is 13.2 Å². The Kier molecular flexibility index (Phi) is 9.96. The van der Waals surface area contributed by atoms with Gasteiger partial charge in [-0.25, -0.2) is 4.39 Å². The van der Waals surface area contributed by atoms with Gasteiger partial charge in [0.25, 0.3) is 0 Å². The maximum Gasteiger partial charge on any atom is 0.422 e. The normalized spacial score (nSPS) is 11.7. The van der Waals surface area contributed by atoms with Gasteiger partial charge < -0.3 is 4.74 Å². The molecule has 0 saturated carbocycles. The summed E-state index contributed by atoms with van der Waals surface area (Å²) in [7, 11) is 0. The Bertz CT molecular complexity index is 1330. The van der Waals surface area contributed by atoms with Crippen LogP contribution in [-0.4, -0.2) is 17.8 Å². The molecule has 0 N–H and O–H groups in total. The van der Waals surface area contributed by atoms with Crippen molar-refractivity contribution in [1.29, 1.82) is 0 Å². The van der Waals surface area contributed by atoms with Crippen LogP contribution >= 0.6 is 0 Å². The number of benzene rings is 3. The van der Waals surface area contributed by atoms with Crippen molar-refractivity contribution in [2.24, 2.45) is 0 Å². The van der Waals surface area contributed by atoms with Gasteiger partial charge in [-0.15, -0.1) is 0 Å². The Labute approximate surface area is 228 Å². The van der Waals surface area contributed by atoms with Crippen LogP contribution < -0.4 is 4.74 Å². The molecule has 0 radical (unpaired) electrons. The number of aromatic nitrogens is 1. The Morgan fingerprint density at radius 3 is 2.18 bits per heavy atom. The Morgan fingerprint density at radius 2 is 1.46 bits per heavy atom. The molecule has 0 aliphatic rings. The fraction of sp³-hybridized carbons (Fsp3) is 0.364. The molecule has 39 heavy (non-hydrogen) atoms. The van der Waals surface area contributed by atoms with E-state index in [2.05, 4.69) is 24.0 Å². The summed E-state index contributed by atoms with van der Waals surface area (Å²) in [6.45, 7) is 0.900. The lowest BCUT2D eigenvalue weighted by Crippen LogP contribution is -2.19. The molecule has 0 fully saturated rings. The summed E-state index contributed by atoms with van der Waals surface area (Å²) < 4.78 is 56.9. The molecule has 4 rings (SSSR count). The molecule has 1 aromatic heterocycles. The number of nitrogens with zero attached hydrogens (tertiary/aromatic N) is 1. The van der Waals surface area contributed by atoms with Crippen LogP contribution in [0.15, 0.2) is 72.9 Å². The van der Waals surface area contributed by atoms with Crippen LogP contribution in [0.3, 0.4) is 0 Å². The summed E-state index contributed by atoms with van der Waals surface area (Å²) in [4.78, 5) is 4.64. The van der Waals surface area contributed by atoms with E-state index in [1.54, 1.807) is 12.1 Å². The molecule has 0 bridgehead atoms. The molecule has 1 heterocycles. The van der Waals surface area contributed by atoms with Crippen molar-refractivity contribution >= 4 is 10.8 Å². The van der Waals surface area contributed by atoms with Crippen LogP contribution in [0.1, 0.15) is 60.6 Å². The Morgan fingerprint density at radius 1 is 0.718 bits per heavy atom. The second-order valence-corrected chi connectivity index (χ2v) is 10.1. The van der Waals surface area contributed by atoms with Gasteiger partial charge in [-0.05, 0) is 84.4 Å². The zero-order valence-corrected chi connectivity index (χ0v) is 22.4. The molecule has 6 heteroatoms.